The van der Waals surface area contributed by atoms with Gasteiger partial charge in [-0.2, -0.15) is 0 Å². The minimum absolute atomic E-state index is 0.0378. The summed E-state index contributed by atoms with van der Waals surface area (Å²) in [7, 11) is 0. The number of hydrogen-bond acceptors (Lipinski definition) is 3. The zero-order valence-corrected chi connectivity index (χ0v) is 11.7. The SMILES string of the molecule is CC(CO)CNC(=O)c1cc(Cl)nc(C(C)C)c1. The molecule has 5 heteroatoms. The molecule has 1 rings (SSSR count). The zero-order chi connectivity index (χ0) is 13.7. The molecule has 100 valence electrons. The van der Waals surface area contributed by atoms with Gasteiger partial charge in [-0.1, -0.05) is 32.4 Å². The van der Waals surface area contributed by atoms with E-state index in [1.165, 1.54) is 0 Å². The summed E-state index contributed by atoms with van der Waals surface area (Å²) < 4.78 is 0. The topological polar surface area (TPSA) is 62.2 Å². The summed E-state index contributed by atoms with van der Waals surface area (Å²) in [6, 6.07) is 3.29. The summed E-state index contributed by atoms with van der Waals surface area (Å²) in [5, 5.41) is 12.0. The Hall–Kier alpha value is -1.13. The molecule has 0 fully saturated rings. The number of carbonyl (C=O) groups is 1. The number of amides is 1. The number of nitrogens with zero attached hydrogens (tertiary/aromatic N) is 1. The van der Waals surface area contributed by atoms with Crippen LogP contribution >= 0.6 is 11.6 Å². The molecular weight excluding hydrogens is 252 g/mol. The molecule has 0 saturated carbocycles. The van der Waals surface area contributed by atoms with E-state index in [1.54, 1.807) is 12.1 Å². The first kappa shape index (κ1) is 14.9. The second kappa shape index (κ2) is 6.71. The summed E-state index contributed by atoms with van der Waals surface area (Å²) in [5.41, 5.74) is 1.30. The van der Waals surface area contributed by atoms with Crippen LogP contribution in [0.2, 0.25) is 5.15 Å². The first-order chi connectivity index (χ1) is 8.43. The lowest BCUT2D eigenvalue weighted by molar-refractivity contribution is 0.0942. The Bertz CT molecular complexity index is 421. The maximum atomic E-state index is 11.9. The van der Waals surface area contributed by atoms with E-state index in [9.17, 15) is 4.79 Å². The second-order valence-electron chi connectivity index (χ2n) is 4.76. The van der Waals surface area contributed by atoms with E-state index in [1.807, 2.05) is 20.8 Å². The summed E-state index contributed by atoms with van der Waals surface area (Å²) in [6.07, 6.45) is 0. The standard InChI is InChI=1S/C13H19ClN2O2/c1-8(2)11-4-10(5-12(14)16-11)13(18)15-6-9(3)7-17/h4-5,8-9,17H,6-7H2,1-3H3,(H,15,18). The number of rotatable bonds is 5. The zero-order valence-electron chi connectivity index (χ0n) is 10.9. The Labute approximate surface area is 112 Å². The quantitative estimate of drug-likeness (QED) is 0.807. The Morgan fingerprint density at radius 2 is 2.11 bits per heavy atom. The highest BCUT2D eigenvalue weighted by Gasteiger charge is 2.11. The van der Waals surface area contributed by atoms with Crippen molar-refractivity contribution in [1.29, 1.82) is 0 Å². The van der Waals surface area contributed by atoms with Gasteiger partial charge >= 0.3 is 0 Å². The number of pyridine rings is 1. The molecule has 1 unspecified atom stereocenters. The van der Waals surface area contributed by atoms with Gasteiger partial charge < -0.3 is 10.4 Å². The lowest BCUT2D eigenvalue weighted by Gasteiger charge is -2.11. The van der Waals surface area contributed by atoms with Gasteiger partial charge in [-0.15, -0.1) is 0 Å². The third-order valence-corrected chi connectivity index (χ3v) is 2.78. The molecule has 1 atom stereocenters. The second-order valence-corrected chi connectivity index (χ2v) is 5.14. The lowest BCUT2D eigenvalue weighted by atomic mass is 10.1. The average molecular weight is 271 g/mol. The van der Waals surface area contributed by atoms with Crippen molar-refractivity contribution in [3.8, 4) is 0 Å². The molecular formula is C13H19ClN2O2. The molecule has 1 aromatic rings. The summed E-state index contributed by atoms with van der Waals surface area (Å²) in [5.74, 6) is 0.0592. The van der Waals surface area contributed by atoms with Gasteiger partial charge in [-0.3, -0.25) is 4.79 Å². The fraction of sp³-hybridized carbons (Fsp3) is 0.538. The first-order valence-electron chi connectivity index (χ1n) is 6.00. The van der Waals surface area contributed by atoms with E-state index >= 15 is 0 Å². The molecule has 0 aliphatic heterocycles. The van der Waals surface area contributed by atoms with Crippen LogP contribution in [0, 0.1) is 5.92 Å². The maximum Gasteiger partial charge on any atom is 0.251 e. The van der Waals surface area contributed by atoms with Crippen LogP contribution in [0.15, 0.2) is 12.1 Å². The Morgan fingerprint density at radius 3 is 2.67 bits per heavy atom. The fourth-order valence-corrected chi connectivity index (χ4v) is 1.59. The molecule has 18 heavy (non-hydrogen) atoms. The highest BCUT2D eigenvalue weighted by Crippen LogP contribution is 2.17. The van der Waals surface area contributed by atoms with Crippen LogP contribution in [0.3, 0.4) is 0 Å². The smallest absolute Gasteiger partial charge is 0.251 e. The van der Waals surface area contributed by atoms with Gasteiger partial charge in [0, 0.05) is 24.4 Å². The molecule has 1 amide bonds. The Balaban J connectivity index is 2.79. The summed E-state index contributed by atoms with van der Waals surface area (Å²) in [4.78, 5) is 16.1. The minimum Gasteiger partial charge on any atom is -0.396 e. The van der Waals surface area contributed by atoms with Crippen molar-refractivity contribution in [3.05, 3.63) is 28.5 Å². The largest absolute Gasteiger partial charge is 0.396 e. The Kier molecular flexibility index (Phi) is 5.56. The van der Waals surface area contributed by atoms with E-state index in [0.717, 1.165) is 5.69 Å². The van der Waals surface area contributed by atoms with Gasteiger partial charge in [0.25, 0.3) is 5.91 Å². The molecule has 4 nitrogen and oxygen atoms in total. The van der Waals surface area contributed by atoms with Gasteiger partial charge in [-0.05, 0) is 24.0 Å². The third-order valence-electron chi connectivity index (χ3n) is 2.59. The highest BCUT2D eigenvalue weighted by atomic mass is 35.5. The predicted molar refractivity (Wildman–Crippen MR) is 71.9 cm³/mol. The molecule has 1 aromatic heterocycles. The van der Waals surface area contributed by atoms with Crippen molar-refractivity contribution >= 4 is 17.5 Å². The van der Waals surface area contributed by atoms with Crippen LogP contribution in [-0.4, -0.2) is 29.1 Å². The molecule has 0 aromatic carbocycles. The first-order valence-corrected chi connectivity index (χ1v) is 6.38. The average Bonchev–Trinajstić information content (AvgIpc) is 2.34. The minimum atomic E-state index is -0.193. The summed E-state index contributed by atoms with van der Waals surface area (Å²) >= 11 is 5.90. The molecule has 0 aliphatic rings. The predicted octanol–water partition coefficient (Wildman–Crippen LogP) is 2.22. The molecule has 0 bridgehead atoms. The van der Waals surface area contributed by atoms with Gasteiger partial charge in [0.05, 0.1) is 0 Å². The molecule has 0 spiro atoms. The number of hydrogen-bond donors (Lipinski definition) is 2. The van der Waals surface area contributed by atoms with E-state index in [-0.39, 0.29) is 24.3 Å². The molecule has 0 aliphatic carbocycles. The van der Waals surface area contributed by atoms with Crippen LogP contribution in [0.5, 0.6) is 0 Å². The van der Waals surface area contributed by atoms with Crippen molar-refractivity contribution in [1.82, 2.24) is 10.3 Å². The van der Waals surface area contributed by atoms with Crippen molar-refractivity contribution in [3.63, 3.8) is 0 Å². The Morgan fingerprint density at radius 1 is 1.44 bits per heavy atom. The van der Waals surface area contributed by atoms with Crippen LogP contribution in [0.25, 0.3) is 0 Å². The monoisotopic (exact) mass is 270 g/mol. The fourth-order valence-electron chi connectivity index (χ4n) is 1.38. The third kappa shape index (κ3) is 4.27. The van der Waals surface area contributed by atoms with Crippen molar-refractivity contribution < 1.29 is 9.90 Å². The van der Waals surface area contributed by atoms with Crippen LogP contribution in [-0.2, 0) is 0 Å². The lowest BCUT2D eigenvalue weighted by Crippen LogP contribution is -2.29. The van der Waals surface area contributed by atoms with Crippen LogP contribution in [0.4, 0.5) is 0 Å². The van der Waals surface area contributed by atoms with Crippen molar-refractivity contribution in [2.75, 3.05) is 13.2 Å². The van der Waals surface area contributed by atoms with E-state index in [0.29, 0.717) is 17.3 Å². The van der Waals surface area contributed by atoms with Crippen molar-refractivity contribution in [2.24, 2.45) is 5.92 Å². The highest BCUT2D eigenvalue weighted by molar-refractivity contribution is 6.29. The number of aliphatic hydroxyl groups is 1. The van der Waals surface area contributed by atoms with E-state index in [2.05, 4.69) is 10.3 Å². The van der Waals surface area contributed by atoms with E-state index < -0.39 is 0 Å². The summed E-state index contributed by atoms with van der Waals surface area (Å²) in [6.45, 7) is 6.34. The molecule has 0 saturated heterocycles. The molecule has 2 N–H and O–H groups in total. The number of aliphatic hydroxyl groups excluding tert-OH is 1. The number of halogens is 1. The number of aromatic nitrogens is 1. The van der Waals surface area contributed by atoms with Gasteiger partial charge in [0.2, 0.25) is 0 Å². The van der Waals surface area contributed by atoms with Gasteiger partial charge in [-0.25, -0.2) is 4.98 Å². The number of carbonyl (C=O) groups excluding carboxylic acids is 1. The van der Waals surface area contributed by atoms with Crippen molar-refractivity contribution in [2.45, 2.75) is 26.7 Å². The number of nitrogens with one attached hydrogen (secondary N) is 1. The maximum absolute atomic E-state index is 11.9. The molecule has 0 radical (unpaired) electrons. The molecule has 1 heterocycles. The normalized spacial score (nSPS) is 12.6. The van der Waals surface area contributed by atoms with Crippen LogP contribution < -0.4 is 5.32 Å². The van der Waals surface area contributed by atoms with Gasteiger partial charge in [0.15, 0.2) is 0 Å². The van der Waals surface area contributed by atoms with E-state index in [4.69, 9.17) is 16.7 Å². The van der Waals surface area contributed by atoms with Gasteiger partial charge in [0.1, 0.15) is 5.15 Å². The van der Waals surface area contributed by atoms with Crippen LogP contribution in [0.1, 0.15) is 42.7 Å².